The molecular weight excluding hydrogens is 330 g/mol. The molecule has 0 aliphatic carbocycles. The zero-order chi connectivity index (χ0) is 18.4. The Morgan fingerprint density at radius 1 is 1.31 bits per heavy atom. The first kappa shape index (κ1) is 18.4. The minimum absolute atomic E-state index is 0.0947. The van der Waals surface area contributed by atoms with E-state index in [1.54, 1.807) is 23.9 Å². The summed E-state index contributed by atoms with van der Waals surface area (Å²) in [5, 5.41) is 4.24. The molecule has 1 aromatic carbocycles. The first-order chi connectivity index (χ1) is 12.7. The van der Waals surface area contributed by atoms with Crippen LogP contribution in [0.2, 0.25) is 0 Å². The van der Waals surface area contributed by atoms with Crippen LogP contribution in [0.15, 0.2) is 36.5 Å². The lowest BCUT2D eigenvalue weighted by Crippen LogP contribution is -2.35. The van der Waals surface area contributed by atoms with Gasteiger partial charge in [-0.3, -0.25) is 14.4 Å². The van der Waals surface area contributed by atoms with Crippen LogP contribution in [-0.2, 0) is 17.8 Å². The molecule has 6 nitrogen and oxygen atoms in total. The fourth-order valence-electron chi connectivity index (χ4n) is 2.95. The molecule has 0 amide bonds. The van der Waals surface area contributed by atoms with Gasteiger partial charge in [0, 0.05) is 37.9 Å². The largest absolute Gasteiger partial charge is 0.496 e. The number of morpholine rings is 1. The maximum Gasteiger partial charge on any atom is 0.206 e. The van der Waals surface area contributed by atoms with Crippen molar-refractivity contribution in [3.05, 3.63) is 53.4 Å². The zero-order valence-electron chi connectivity index (χ0n) is 15.4. The molecule has 1 aliphatic rings. The highest BCUT2D eigenvalue weighted by Gasteiger charge is 2.13. The molecule has 1 aromatic heterocycles. The summed E-state index contributed by atoms with van der Waals surface area (Å²) in [4.78, 5) is 14.6. The Morgan fingerprint density at radius 2 is 2.12 bits per heavy atom. The first-order valence-corrected chi connectivity index (χ1v) is 8.92. The van der Waals surface area contributed by atoms with Gasteiger partial charge in [0.05, 0.1) is 20.3 Å². The van der Waals surface area contributed by atoms with Crippen molar-refractivity contribution in [1.82, 2.24) is 14.7 Å². The van der Waals surface area contributed by atoms with Crippen LogP contribution in [0.25, 0.3) is 6.08 Å². The van der Waals surface area contributed by atoms with E-state index in [2.05, 4.69) is 16.1 Å². The number of benzene rings is 1. The Morgan fingerprint density at radius 3 is 2.81 bits per heavy atom. The number of nitrogens with zero attached hydrogens (tertiary/aromatic N) is 3. The lowest BCUT2D eigenvalue weighted by atomic mass is 10.1. The molecule has 3 rings (SSSR count). The van der Waals surface area contributed by atoms with E-state index < -0.39 is 0 Å². The highest BCUT2D eigenvalue weighted by molar-refractivity contribution is 6.05. The fourth-order valence-corrected chi connectivity index (χ4v) is 2.95. The van der Waals surface area contributed by atoms with E-state index >= 15 is 0 Å². The third-order valence-corrected chi connectivity index (χ3v) is 4.45. The summed E-state index contributed by atoms with van der Waals surface area (Å²) < 4.78 is 12.6. The molecule has 2 heterocycles. The minimum atomic E-state index is -0.0947. The number of aromatic nitrogens is 2. The number of methoxy groups -OCH3 is 1. The molecule has 1 saturated heterocycles. The predicted molar refractivity (Wildman–Crippen MR) is 100 cm³/mol. The number of allylic oxidation sites excluding steroid dienone is 1. The van der Waals surface area contributed by atoms with Crippen LogP contribution in [-0.4, -0.2) is 53.9 Å². The lowest BCUT2D eigenvalue weighted by Gasteiger charge is -2.27. The quantitative estimate of drug-likeness (QED) is 0.564. The molecule has 26 heavy (non-hydrogen) atoms. The number of rotatable bonds is 7. The van der Waals surface area contributed by atoms with Gasteiger partial charge in [0.1, 0.15) is 11.4 Å². The Bertz CT molecular complexity index is 776. The van der Waals surface area contributed by atoms with Gasteiger partial charge in [-0.25, -0.2) is 0 Å². The summed E-state index contributed by atoms with van der Waals surface area (Å²) in [6.45, 7) is 6.92. The van der Waals surface area contributed by atoms with Crippen molar-refractivity contribution in [3.8, 4) is 5.75 Å². The standard InChI is InChI=1S/C20H25N3O3/c1-3-23-9-8-18(21-23)19(24)6-4-16-5-7-20(25-2)17(14-16)15-22-10-12-26-13-11-22/h4-9,14H,3,10-13,15H2,1-2H3/b6-4+. The van der Waals surface area contributed by atoms with Crippen molar-refractivity contribution >= 4 is 11.9 Å². The van der Waals surface area contributed by atoms with Gasteiger partial charge >= 0.3 is 0 Å². The van der Waals surface area contributed by atoms with E-state index in [0.717, 1.165) is 56.3 Å². The van der Waals surface area contributed by atoms with E-state index in [0.29, 0.717) is 5.69 Å². The Labute approximate surface area is 154 Å². The van der Waals surface area contributed by atoms with Gasteiger partial charge in [-0.1, -0.05) is 12.1 Å². The second kappa shape index (κ2) is 8.78. The van der Waals surface area contributed by atoms with Gasteiger partial charge in [-0.15, -0.1) is 0 Å². The first-order valence-electron chi connectivity index (χ1n) is 8.92. The third-order valence-electron chi connectivity index (χ3n) is 4.45. The molecule has 1 fully saturated rings. The maximum atomic E-state index is 12.3. The van der Waals surface area contributed by atoms with Crippen LogP contribution in [0.4, 0.5) is 0 Å². The molecule has 0 spiro atoms. The van der Waals surface area contributed by atoms with Gasteiger partial charge in [0.2, 0.25) is 5.78 Å². The molecule has 0 unspecified atom stereocenters. The zero-order valence-corrected chi connectivity index (χ0v) is 15.4. The second-order valence-electron chi connectivity index (χ2n) is 6.21. The average molecular weight is 355 g/mol. The SMILES string of the molecule is CCn1ccc(C(=O)/C=C/c2ccc(OC)c(CN3CCOCC3)c2)n1. The van der Waals surface area contributed by atoms with E-state index in [1.807, 2.05) is 31.3 Å². The molecule has 0 radical (unpaired) electrons. The number of aryl methyl sites for hydroxylation is 1. The van der Waals surface area contributed by atoms with Crippen molar-refractivity contribution in [3.63, 3.8) is 0 Å². The Hall–Kier alpha value is -2.44. The normalized spacial score (nSPS) is 15.5. The van der Waals surface area contributed by atoms with Crippen LogP contribution in [0.1, 0.15) is 28.5 Å². The highest BCUT2D eigenvalue weighted by atomic mass is 16.5. The van der Waals surface area contributed by atoms with Gasteiger partial charge in [0.25, 0.3) is 0 Å². The molecule has 0 atom stereocenters. The van der Waals surface area contributed by atoms with Gasteiger partial charge in [-0.05, 0) is 36.8 Å². The number of hydrogen-bond acceptors (Lipinski definition) is 5. The smallest absolute Gasteiger partial charge is 0.206 e. The van der Waals surface area contributed by atoms with E-state index in [1.165, 1.54) is 0 Å². The summed E-state index contributed by atoms with van der Waals surface area (Å²) in [7, 11) is 1.68. The predicted octanol–water partition coefficient (Wildman–Crippen LogP) is 2.64. The molecule has 6 heteroatoms. The lowest BCUT2D eigenvalue weighted by molar-refractivity contribution is 0.0339. The Balaban J connectivity index is 1.72. The number of ether oxygens (including phenoxy) is 2. The van der Waals surface area contributed by atoms with Crippen LogP contribution < -0.4 is 4.74 Å². The number of ketones is 1. The van der Waals surface area contributed by atoms with Gasteiger partial charge in [-0.2, -0.15) is 5.10 Å². The third kappa shape index (κ3) is 4.59. The average Bonchev–Trinajstić information content (AvgIpc) is 3.16. The molecular formula is C20H25N3O3. The maximum absolute atomic E-state index is 12.3. The van der Waals surface area contributed by atoms with Crippen molar-refractivity contribution in [2.24, 2.45) is 0 Å². The van der Waals surface area contributed by atoms with Crippen LogP contribution >= 0.6 is 0 Å². The Kier molecular flexibility index (Phi) is 6.20. The van der Waals surface area contributed by atoms with Crippen LogP contribution in [0.3, 0.4) is 0 Å². The number of hydrogen-bond donors (Lipinski definition) is 0. The molecule has 0 bridgehead atoms. The molecule has 0 N–H and O–H groups in total. The number of carbonyl (C=O) groups excluding carboxylic acids is 1. The van der Waals surface area contributed by atoms with E-state index in [-0.39, 0.29) is 5.78 Å². The molecule has 2 aromatic rings. The molecule has 1 aliphatic heterocycles. The fraction of sp³-hybridized carbons (Fsp3) is 0.400. The van der Waals surface area contributed by atoms with Crippen molar-refractivity contribution < 1.29 is 14.3 Å². The molecule has 0 saturated carbocycles. The minimum Gasteiger partial charge on any atom is -0.496 e. The second-order valence-corrected chi connectivity index (χ2v) is 6.21. The monoisotopic (exact) mass is 355 g/mol. The van der Waals surface area contributed by atoms with Crippen molar-refractivity contribution in [2.45, 2.75) is 20.0 Å². The van der Waals surface area contributed by atoms with Crippen LogP contribution in [0.5, 0.6) is 5.75 Å². The summed E-state index contributed by atoms with van der Waals surface area (Å²) in [5.41, 5.74) is 2.54. The summed E-state index contributed by atoms with van der Waals surface area (Å²) in [6, 6.07) is 7.72. The van der Waals surface area contributed by atoms with E-state index in [4.69, 9.17) is 9.47 Å². The van der Waals surface area contributed by atoms with Gasteiger partial charge in [0.15, 0.2) is 0 Å². The van der Waals surface area contributed by atoms with E-state index in [9.17, 15) is 4.79 Å². The summed E-state index contributed by atoms with van der Waals surface area (Å²) in [5.74, 6) is 0.768. The summed E-state index contributed by atoms with van der Waals surface area (Å²) in [6.07, 6.45) is 5.22. The topological polar surface area (TPSA) is 56.6 Å². The summed E-state index contributed by atoms with van der Waals surface area (Å²) >= 11 is 0. The van der Waals surface area contributed by atoms with Crippen molar-refractivity contribution in [2.75, 3.05) is 33.4 Å². The number of carbonyl (C=O) groups is 1. The molecule has 138 valence electrons. The highest BCUT2D eigenvalue weighted by Crippen LogP contribution is 2.23. The van der Waals surface area contributed by atoms with Crippen LogP contribution in [0, 0.1) is 0 Å². The van der Waals surface area contributed by atoms with Gasteiger partial charge < -0.3 is 9.47 Å². The van der Waals surface area contributed by atoms with Crippen molar-refractivity contribution in [1.29, 1.82) is 0 Å².